The fourth-order valence-electron chi connectivity index (χ4n) is 4.67. The molecule has 1 saturated heterocycles. The quantitative estimate of drug-likeness (QED) is 0.427. The minimum Gasteiger partial charge on any atom is -0.353 e. The topological polar surface area (TPSA) is 109 Å². The molecule has 9 nitrogen and oxygen atoms in total. The van der Waals surface area contributed by atoms with Crippen molar-refractivity contribution in [2.24, 2.45) is 5.73 Å². The fraction of sp³-hybridized carbons (Fsp3) is 0.522. The van der Waals surface area contributed by atoms with E-state index in [1.54, 1.807) is 0 Å². The number of piperazine rings is 1. The van der Waals surface area contributed by atoms with Crippen LogP contribution in [0.5, 0.6) is 0 Å². The van der Waals surface area contributed by atoms with Crippen molar-refractivity contribution < 1.29 is 0 Å². The molecule has 0 spiro atoms. The van der Waals surface area contributed by atoms with Gasteiger partial charge in [0, 0.05) is 57.5 Å². The first kappa shape index (κ1) is 21.1. The summed E-state index contributed by atoms with van der Waals surface area (Å²) < 4.78 is 2.22. The van der Waals surface area contributed by atoms with Crippen molar-refractivity contribution in [3.05, 3.63) is 36.2 Å². The summed E-state index contributed by atoms with van der Waals surface area (Å²) in [7, 11) is 0. The van der Waals surface area contributed by atoms with E-state index < -0.39 is 0 Å². The number of hydrogen-bond acceptors (Lipinski definition) is 8. The van der Waals surface area contributed by atoms with Gasteiger partial charge in [0.15, 0.2) is 17.0 Å². The molecule has 1 saturated carbocycles. The zero-order valence-corrected chi connectivity index (χ0v) is 18.6. The lowest BCUT2D eigenvalue weighted by molar-refractivity contribution is 0.233. The van der Waals surface area contributed by atoms with Gasteiger partial charge in [-0.05, 0) is 30.5 Å². The van der Waals surface area contributed by atoms with Crippen LogP contribution in [0.4, 0.5) is 17.5 Å². The molecule has 3 aromatic rings. The van der Waals surface area contributed by atoms with E-state index in [9.17, 15) is 0 Å². The van der Waals surface area contributed by atoms with E-state index in [-0.39, 0.29) is 0 Å². The number of imidazole rings is 1. The molecule has 2 fully saturated rings. The van der Waals surface area contributed by atoms with E-state index in [2.05, 4.69) is 54.7 Å². The van der Waals surface area contributed by atoms with Crippen molar-refractivity contribution >= 4 is 28.6 Å². The summed E-state index contributed by atoms with van der Waals surface area (Å²) in [5.41, 5.74) is 9.68. The molecule has 5 N–H and O–H groups in total. The minimum absolute atomic E-state index is 0.467. The van der Waals surface area contributed by atoms with E-state index >= 15 is 0 Å². The molecule has 1 aliphatic carbocycles. The predicted molar refractivity (Wildman–Crippen MR) is 128 cm³/mol. The lowest BCUT2D eigenvalue weighted by Gasteiger charge is -2.27. The summed E-state index contributed by atoms with van der Waals surface area (Å²) >= 11 is 0. The molecule has 0 radical (unpaired) electrons. The van der Waals surface area contributed by atoms with Gasteiger partial charge in [0.05, 0.1) is 6.33 Å². The molecule has 0 bridgehead atoms. The second-order valence-electron chi connectivity index (χ2n) is 8.72. The Morgan fingerprint density at radius 2 is 1.84 bits per heavy atom. The lowest BCUT2D eigenvalue weighted by atomic mass is 10.2. The number of aromatic nitrogens is 4. The predicted octanol–water partition coefficient (Wildman–Crippen LogP) is 2.46. The van der Waals surface area contributed by atoms with Crippen molar-refractivity contribution in [3.63, 3.8) is 0 Å². The molecule has 9 heteroatoms. The van der Waals surface area contributed by atoms with Crippen molar-refractivity contribution in [2.45, 2.75) is 38.3 Å². The average molecular weight is 436 g/mol. The first-order valence-corrected chi connectivity index (χ1v) is 11.8. The molecular weight excluding hydrogens is 402 g/mol. The number of nitrogens with zero attached hydrogens (tertiary/aromatic N) is 5. The van der Waals surface area contributed by atoms with Crippen LogP contribution in [0, 0.1) is 0 Å². The van der Waals surface area contributed by atoms with Crippen LogP contribution < -0.4 is 21.7 Å². The molecule has 170 valence electrons. The van der Waals surface area contributed by atoms with E-state index in [1.165, 1.54) is 31.2 Å². The molecule has 5 rings (SSSR count). The molecule has 1 aliphatic heterocycles. The van der Waals surface area contributed by atoms with Crippen LogP contribution in [0.1, 0.15) is 37.3 Å². The Kier molecular flexibility index (Phi) is 6.47. The van der Waals surface area contributed by atoms with Crippen LogP contribution in [0.3, 0.4) is 0 Å². The third-order valence-electron chi connectivity index (χ3n) is 6.40. The maximum Gasteiger partial charge on any atom is 0.226 e. The Bertz CT molecular complexity index is 1020. The van der Waals surface area contributed by atoms with E-state index in [1.807, 2.05) is 6.33 Å². The second kappa shape index (κ2) is 9.81. The largest absolute Gasteiger partial charge is 0.353 e. The molecule has 3 heterocycles. The zero-order chi connectivity index (χ0) is 21.8. The second-order valence-corrected chi connectivity index (χ2v) is 8.72. The SMILES string of the molecule is NCCNc1nc(Nc2ccc(CN3CCNCC3)cc2)c2ncn(C3CCCC3)c2n1. The smallest absolute Gasteiger partial charge is 0.226 e. The Morgan fingerprint density at radius 1 is 1.06 bits per heavy atom. The van der Waals surface area contributed by atoms with Crippen molar-refractivity contribution in [2.75, 3.05) is 49.9 Å². The highest BCUT2D eigenvalue weighted by Crippen LogP contribution is 2.33. The van der Waals surface area contributed by atoms with Crippen LogP contribution in [-0.2, 0) is 6.54 Å². The van der Waals surface area contributed by atoms with E-state index in [0.717, 1.165) is 55.4 Å². The molecule has 0 unspecified atom stereocenters. The van der Waals surface area contributed by atoms with E-state index in [0.29, 0.717) is 25.1 Å². The molecular formula is C23H33N9. The van der Waals surface area contributed by atoms with E-state index in [4.69, 9.17) is 15.7 Å². The lowest BCUT2D eigenvalue weighted by Crippen LogP contribution is -2.42. The highest BCUT2D eigenvalue weighted by atomic mass is 15.2. The van der Waals surface area contributed by atoms with Gasteiger partial charge in [-0.3, -0.25) is 4.90 Å². The average Bonchev–Trinajstić information content (AvgIpc) is 3.50. The van der Waals surface area contributed by atoms with Crippen LogP contribution in [0.25, 0.3) is 11.2 Å². The Hall–Kier alpha value is -2.75. The summed E-state index contributed by atoms with van der Waals surface area (Å²) in [6, 6.07) is 9.08. The number of nitrogens with two attached hydrogens (primary N) is 1. The van der Waals surface area contributed by atoms with Crippen LogP contribution in [0.15, 0.2) is 30.6 Å². The first-order chi connectivity index (χ1) is 15.8. The van der Waals surface area contributed by atoms with Crippen molar-refractivity contribution in [1.82, 2.24) is 29.7 Å². The van der Waals surface area contributed by atoms with Crippen LogP contribution in [-0.4, -0.2) is 63.7 Å². The minimum atomic E-state index is 0.467. The van der Waals surface area contributed by atoms with Gasteiger partial charge in [0.1, 0.15) is 0 Å². The first-order valence-electron chi connectivity index (χ1n) is 11.8. The summed E-state index contributed by atoms with van der Waals surface area (Å²) in [6.07, 6.45) is 6.80. The Morgan fingerprint density at radius 3 is 2.59 bits per heavy atom. The Balaban J connectivity index is 1.38. The van der Waals surface area contributed by atoms with Gasteiger partial charge >= 0.3 is 0 Å². The number of benzene rings is 1. The maximum absolute atomic E-state index is 5.68. The van der Waals surface area contributed by atoms with Gasteiger partial charge in [-0.1, -0.05) is 25.0 Å². The third kappa shape index (κ3) is 4.69. The molecule has 0 amide bonds. The van der Waals surface area contributed by atoms with Crippen molar-refractivity contribution in [1.29, 1.82) is 0 Å². The van der Waals surface area contributed by atoms with Gasteiger partial charge in [-0.25, -0.2) is 4.98 Å². The van der Waals surface area contributed by atoms with Crippen LogP contribution >= 0.6 is 0 Å². The van der Waals surface area contributed by atoms with Gasteiger partial charge in [-0.15, -0.1) is 0 Å². The third-order valence-corrected chi connectivity index (χ3v) is 6.40. The highest BCUT2D eigenvalue weighted by molar-refractivity contribution is 5.86. The standard InChI is InChI=1S/C23H33N9/c24-9-10-26-23-29-21(20-22(30-23)32(16-27-20)19-3-1-2-4-19)28-18-7-5-17(6-8-18)15-31-13-11-25-12-14-31/h5-8,16,19,25H,1-4,9-15,24H2,(H2,26,28,29,30). The Labute approximate surface area is 188 Å². The van der Waals surface area contributed by atoms with Gasteiger partial charge < -0.3 is 26.3 Å². The summed E-state index contributed by atoms with van der Waals surface area (Å²) in [5.74, 6) is 1.31. The highest BCUT2D eigenvalue weighted by Gasteiger charge is 2.22. The summed E-state index contributed by atoms with van der Waals surface area (Å²) in [5, 5.41) is 10.1. The number of hydrogen-bond donors (Lipinski definition) is 4. The summed E-state index contributed by atoms with van der Waals surface area (Å²) in [4.78, 5) is 16.7. The number of rotatable bonds is 8. The number of nitrogens with one attached hydrogen (secondary N) is 3. The van der Waals surface area contributed by atoms with Crippen LogP contribution in [0.2, 0.25) is 0 Å². The monoisotopic (exact) mass is 435 g/mol. The molecule has 1 aromatic carbocycles. The molecule has 2 aromatic heterocycles. The normalized spacial score (nSPS) is 17.8. The number of anilines is 3. The van der Waals surface area contributed by atoms with Crippen molar-refractivity contribution in [3.8, 4) is 0 Å². The maximum atomic E-state index is 5.68. The zero-order valence-electron chi connectivity index (χ0n) is 18.6. The fourth-order valence-corrected chi connectivity index (χ4v) is 4.67. The summed E-state index contributed by atoms with van der Waals surface area (Å²) in [6.45, 7) is 6.47. The van der Waals surface area contributed by atoms with Gasteiger partial charge in [0.2, 0.25) is 5.95 Å². The van der Waals surface area contributed by atoms with Gasteiger partial charge in [0.25, 0.3) is 0 Å². The molecule has 2 aliphatic rings. The molecule has 0 atom stereocenters. The number of fused-ring (bicyclic) bond motifs is 1. The molecule has 32 heavy (non-hydrogen) atoms. The van der Waals surface area contributed by atoms with Gasteiger partial charge in [-0.2, -0.15) is 9.97 Å².